The second-order valence-corrected chi connectivity index (χ2v) is 6.92. The number of carbonyl (C=O) groups is 1. The van der Waals surface area contributed by atoms with Crippen LogP contribution in [0.5, 0.6) is 5.88 Å². The highest BCUT2D eigenvalue weighted by Crippen LogP contribution is 2.22. The molecule has 1 aromatic carbocycles. The van der Waals surface area contributed by atoms with E-state index in [9.17, 15) is 9.18 Å². The average Bonchev–Trinajstić information content (AvgIpc) is 2.68. The molecule has 27 heavy (non-hydrogen) atoms. The van der Waals surface area contributed by atoms with Crippen molar-refractivity contribution in [2.75, 3.05) is 25.0 Å². The van der Waals surface area contributed by atoms with Crippen LogP contribution >= 0.6 is 11.6 Å². The molecule has 0 saturated carbocycles. The van der Waals surface area contributed by atoms with Crippen LogP contribution in [-0.2, 0) is 6.67 Å². The third-order valence-electron chi connectivity index (χ3n) is 4.67. The van der Waals surface area contributed by atoms with Crippen LogP contribution in [0.2, 0.25) is 5.02 Å². The molecule has 5 nitrogen and oxygen atoms in total. The van der Waals surface area contributed by atoms with Gasteiger partial charge in [0, 0.05) is 19.2 Å². The summed E-state index contributed by atoms with van der Waals surface area (Å²) >= 11 is 6.08. The molecule has 0 atom stereocenters. The molecule has 0 spiro atoms. The number of alkyl halides is 1. The quantitative estimate of drug-likeness (QED) is 0.796. The SMILES string of the molecule is CCN1CCC(Oc2cccc(NC(=O)c3ccc(CF)cc3Cl)n2)CC1. The summed E-state index contributed by atoms with van der Waals surface area (Å²) in [6.07, 6.45) is 2.06. The van der Waals surface area contributed by atoms with Crippen molar-refractivity contribution in [1.82, 2.24) is 9.88 Å². The van der Waals surface area contributed by atoms with Crippen LogP contribution in [0.25, 0.3) is 0 Å². The predicted molar refractivity (Wildman–Crippen MR) is 104 cm³/mol. The highest BCUT2D eigenvalue weighted by atomic mass is 35.5. The lowest BCUT2D eigenvalue weighted by molar-refractivity contribution is 0.0997. The lowest BCUT2D eigenvalue weighted by Crippen LogP contribution is -2.38. The van der Waals surface area contributed by atoms with Crippen molar-refractivity contribution in [2.24, 2.45) is 0 Å². The molecular weight excluding hydrogens is 369 g/mol. The van der Waals surface area contributed by atoms with E-state index in [4.69, 9.17) is 16.3 Å². The second kappa shape index (κ2) is 9.15. The molecule has 1 N–H and O–H groups in total. The molecule has 0 bridgehead atoms. The minimum Gasteiger partial charge on any atom is -0.474 e. The Bertz CT molecular complexity index is 795. The lowest BCUT2D eigenvalue weighted by atomic mass is 10.1. The monoisotopic (exact) mass is 391 g/mol. The Morgan fingerprint density at radius 3 is 2.78 bits per heavy atom. The largest absolute Gasteiger partial charge is 0.474 e. The van der Waals surface area contributed by atoms with Crippen LogP contribution in [0.1, 0.15) is 35.7 Å². The predicted octanol–water partition coefficient (Wildman–Crippen LogP) is 4.32. The summed E-state index contributed by atoms with van der Waals surface area (Å²) in [5, 5.41) is 2.92. The third-order valence-corrected chi connectivity index (χ3v) is 4.98. The minimum atomic E-state index is -0.625. The number of piperidine rings is 1. The van der Waals surface area contributed by atoms with Crippen LogP contribution in [0, 0.1) is 0 Å². The van der Waals surface area contributed by atoms with Crippen LogP contribution in [0.4, 0.5) is 10.2 Å². The number of aromatic nitrogens is 1. The first kappa shape index (κ1) is 19.6. The molecular formula is C20H23ClFN3O2. The maximum atomic E-state index is 12.7. The van der Waals surface area contributed by atoms with Crippen LogP contribution in [0.15, 0.2) is 36.4 Å². The van der Waals surface area contributed by atoms with Gasteiger partial charge in [0.25, 0.3) is 5.91 Å². The number of nitrogens with one attached hydrogen (secondary N) is 1. The van der Waals surface area contributed by atoms with Crippen molar-refractivity contribution < 1.29 is 13.9 Å². The fourth-order valence-corrected chi connectivity index (χ4v) is 3.36. The van der Waals surface area contributed by atoms with E-state index in [1.165, 1.54) is 18.2 Å². The second-order valence-electron chi connectivity index (χ2n) is 6.51. The fraction of sp³-hybridized carbons (Fsp3) is 0.400. The Labute approximate surface area is 163 Å². The molecule has 1 aliphatic heterocycles. The van der Waals surface area contributed by atoms with Gasteiger partial charge in [0.15, 0.2) is 0 Å². The van der Waals surface area contributed by atoms with E-state index in [-0.39, 0.29) is 16.7 Å². The Hall–Kier alpha value is -2.18. The number of pyridine rings is 1. The van der Waals surface area contributed by atoms with Gasteiger partial charge in [-0.05, 0) is 43.1 Å². The fourth-order valence-electron chi connectivity index (χ4n) is 3.07. The van der Waals surface area contributed by atoms with Gasteiger partial charge in [0.2, 0.25) is 5.88 Å². The normalized spacial score (nSPS) is 15.5. The van der Waals surface area contributed by atoms with E-state index >= 15 is 0 Å². The van der Waals surface area contributed by atoms with Crippen molar-refractivity contribution in [3.63, 3.8) is 0 Å². The van der Waals surface area contributed by atoms with E-state index in [0.29, 0.717) is 17.3 Å². The molecule has 2 heterocycles. The standard InChI is InChI=1S/C20H23ClFN3O2/c1-2-25-10-8-15(9-11-25)27-19-5-3-4-18(23-19)24-20(26)16-7-6-14(13-22)12-17(16)21/h3-7,12,15H,2,8-11,13H2,1H3,(H,23,24,26). The summed E-state index contributed by atoms with van der Waals surface area (Å²) in [4.78, 5) is 19.2. The van der Waals surface area contributed by atoms with Gasteiger partial charge in [0.05, 0.1) is 10.6 Å². The number of anilines is 1. The Morgan fingerprint density at radius 2 is 2.11 bits per heavy atom. The summed E-state index contributed by atoms with van der Waals surface area (Å²) in [5.74, 6) is 0.474. The van der Waals surface area contributed by atoms with Crippen LogP contribution < -0.4 is 10.1 Å². The number of ether oxygens (including phenoxy) is 1. The molecule has 1 aliphatic rings. The molecule has 1 aromatic heterocycles. The first-order chi connectivity index (χ1) is 13.1. The van der Waals surface area contributed by atoms with Crippen molar-refractivity contribution in [3.05, 3.63) is 52.5 Å². The van der Waals surface area contributed by atoms with E-state index < -0.39 is 12.6 Å². The third kappa shape index (κ3) is 5.17. The number of halogens is 2. The molecule has 3 rings (SSSR count). The molecule has 1 fully saturated rings. The molecule has 2 aromatic rings. The van der Waals surface area contributed by atoms with Crippen molar-refractivity contribution in [2.45, 2.75) is 32.5 Å². The minimum absolute atomic E-state index is 0.133. The summed E-state index contributed by atoms with van der Waals surface area (Å²) in [5.41, 5.74) is 0.702. The van der Waals surface area contributed by atoms with Gasteiger partial charge in [-0.1, -0.05) is 30.7 Å². The van der Waals surface area contributed by atoms with E-state index in [1.807, 2.05) is 0 Å². The molecule has 7 heteroatoms. The number of hydrogen-bond acceptors (Lipinski definition) is 4. The Kier molecular flexibility index (Phi) is 6.63. The van der Waals surface area contributed by atoms with E-state index in [0.717, 1.165) is 32.5 Å². The zero-order valence-electron chi connectivity index (χ0n) is 15.3. The molecule has 0 radical (unpaired) electrons. The first-order valence-corrected chi connectivity index (χ1v) is 9.48. The van der Waals surface area contributed by atoms with Gasteiger partial charge in [-0.15, -0.1) is 0 Å². The Morgan fingerprint density at radius 1 is 1.33 bits per heavy atom. The zero-order valence-corrected chi connectivity index (χ0v) is 16.0. The number of amides is 1. The van der Waals surface area contributed by atoms with Gasteiger partial charge in [-0.25, -0.2) is 4.39 Å². The van der Waals surface area contributed by atoms with Gasteiger partial charge < -0.3 is 15.0 Å². The number of hydrogen-bond donors (Lipinski definition) is 1. The van der Waals surface area contributed by atoms with Gasteiger partial charge in [0.1, 0.15) is 18.6 Å². The summed E-state index contributed by atoms with van der Waals surface area (Å²) in [7, 11) is 0. The summed E-state index contributed by atoms with van der Waals surface area (Å²) in [6, 6.07) is 9.75. The number of benzene rings is 1. The zero-order chi connectivity index (χ0) is 19.2. The number of carbonyl (C=O) groups excluding carboxylic acids is 1. The first-order valence-electron chi connectivity index (χ1n) is 9.11. The van der Waals surface area contributed by atoms with Gasteiger partial charge >= 0.3 is 0 Å². The molecule has 0 aliphatic carbocycles. The van der Waals surface area contributed by atoms with Crippen molar-refractivity contribution in [3.8, 4) is 5.88 Å². The number of likely N-dealkylation sites (tertiary alicyclic amines) is 1. The highest BCUT2D eigenvalue weighted by Gasteiger charge is 2.20. The number of nitrogens with zero attached hydrogens (tertiary/aromatic N) is 2. The topological polar surface area (TPSA) is 54.5 Å². The maximum absolute atomic E-state index is 12.7. The van der Waals surface area contributed by atoms with E-state index in [1.54, 1.807) is 18.2 Å². The maximum Gasteiger partial charge on any atom is 0.258 e. The van der Waals surface area contributed by atoms with Gasteiger partial charge in [-0.3, -0.25) is 4.79 Å². The molecule has 0 unspecified atom stereocenters. The van der Waals surface area contributed by atoms with Crippen LogP contribution in [-0.4, -0.2) is 41.5 Å². The molecule has 144 valence electrons. The molecule has 1 amide bonds. The lowest BCUT2D eigenvalue weighted by Gasteiger charge is -2.30. The Balaban J connectivity index is 1.63. The van der Waals surface area contributed by atoms with Gasteiger partial charge in [-0.2, -0.15) is 4.98 Å². The van der Waals surface area contributed by atoms with Crippen LogP contribution in [0.3, 0.4) is 0 Å². The number of rotatable bonds is 6. The smallest absolute Gasteiger partial charge is 0.258 e. The summed E-state index contributed by atoms with van der Waals surface area (Å²) in [6.45, 7) is 4.63. The highest BCUT2D eigenvalue weighted by molar-refractivity contribution is 6.34. The van der Waals surface area contributed by atoms with Crippen molar-refractivity contribution in [1.29, 1.82) is 0 Å². The van der Waals surface area contributed by atoms with Crippen molar-refractivity contribution >= 4 is 23.3 Å². The summed E-state index contributed by atoms with van der Waals surface area (Å²) < 4.78 is 18.7. The van der Waals surface area contributed by atoms with E-state index in [2.05, 4.69) is 22.1 Å². The average molecular weight is 392 g/mol. The molecule has 1 saturated heterocycles.